The number of nitrogens with zero attached hydrogens (tertiary/aromatic N) is 2. The molecule has 0 radical (unpaired) electrons. The summed E-state index contributed by atoms with van der Waals surface area (Å²) in [5.41, 5.74) is 4.02. The molecule has 3 saturated carbocycles. The summed E-state index contributed by atoms with van der Waals surface area (Å²) in [4.78, 5) is 6.87. The molecule has 184 valence electrons. The van der Waals surface area contributed by atoms with Gasteiger partial charge in [-0.3, -0.25) is 4.98 Å². The van der Waals surface area contributed by atoms with Crippen LogP contribution in [0, 0.1) is 34.5 Å². The van der Waals surface area contributed by atoms with Crippen molar-refractivity contribution >= 4 is 16.3 Å². The first kappa shape index (κ1) is 24.0. The standard InChI is InChI=1S/C30H40N2.C2H6/c1-29-15-12-22(32(3)4)18-21(29)8-9-25-27-11-10-26(30(27,2)16-13-28(25)29)24-7-5-6-20-19-31-17-14-23(20)24;1-2/h5-7,10,14,17,19,21-22,25,27-28H,8-9,11-13,15-16,18H2,1-4H3;1-2H3/t21?,22?,25?,27-,28-,29?,30?;/m0./s1. The van der Waals surface area contributed by atoms with Crippen molar-refractivity contribution in [3.8, 4) is 0 Å². The van der Waals surface area contributed by atoms with E-state index in [0.29, 0.717) is 10.8 Å². The van der Waals surface area contributed by atoms with Gasteiger partial charge in [-0.25, -0.2) is 0 Å². The molecule has 2 aromatic rings. The number of fused-ring (bicyclic) bond motifs is 6. The van der Waals surface area contributed by atoms with E-state index in [4.69, 9.17) is 0 Å². The molecule has 2 heteroatoms. The van der Waals surface area contributed by atoms with Crippen molar-refractivity contribution in [2.24, 2.45) is 34.5 Å². The first-order valence-electron chi connectivity index (χ1n) is 14.1. The Labute approximate surface area is 208 Å². The highest BCUT2D eigenvalue weighted by Gasteiger charge is 2.58. The molecule has 0 bridgehead atoms. The van der Waals surface area contributed by atoms with Crippen LogP contribution in [-0.4, -0.2) is 30.0 Å². The fourth-order valence-electron chi connectivity index (χ4n) is 9.05. The van der Waals surface area contributed by atoms with Gasteiger partial charge in [-0.1, -0.05) is 52.0 Å². The Morgan fingerprint density at radius 3 is 2.56 bits per heavy atom. The summed E-state index contributed by atoms with van der Waals surface area (Å²) in [5.74, 6) is 3.62. The number of aromatic nitrogens is 1. The number of pyridine rings is 1. The van der Waals surface area contributed by atoms with Gasteiger partial charge >= 0.3 is 0 Å². The minimum absolute atomic E-state index is 0.336. The van der Waals surface area contributed by atoms with E-state index in [9.17, 15) is 0 Å². The summed E-state index contributed by atoms with van der Waals surface area (Å²) in [6.07, 6.45) is 17.9. The van der Waals surface area contributed by atoms with Crippen LogP contribution in [0.3, 0.4) is 0 Å². The van der Waals surface area contributed by atoms with Gasteiger partial charge in [0.25, 0.3) is 0 Å². The minimum atomic E-state index is 0.336. The lowest BCUT2D eigenvalue weighted by Crippen LogP contribution is -2.54. The Hall–Kier alpha value is -1.67. The van der Waals surface area contributed by atoms with Gasteiger partial charge in [-0.15, -0.1) is 0 Å². The third-order valence-corrected chi connectivity index (χ3v) is 10.9. The highest BCUT2D eigenvalue weighted by Crippen LogP contribution is 2.67. The summed E-state index contributed by atoms with van der Waals surface area (Å²) >= 11 is 0. The Balaban J connectivity index is 0.00000117. The van der Waals surface area contributed by atoms with Crippen molar-refractivity contribution < 1.29 is 0 Å². The average Bonchev–Trinajstić information content (AvgIpc) is 3.21. The Morgan fingerprint density at radius 2 is 1.76 bits per heavy atom. The van der Waals surface area contributed by atoms with E-state index in [0.717, 1.165) is 29.7 Å². The van der Waals surface area contributed by atoms with Gasteiger partial charge in [0.2, 0.25) is 0 Å². The molecule has 1 heterocycles. The largest absolute Gasteiger partial charge is 0.306 e. The van der Waals surface area contributed by atoms with Crippen molar-refractivity contribution in [2.45, 2.75) is 85.1 Å². The zero-order valence-electron chi connectivity index (χ0n) is 22.5. The van der Waals surface area contributed by atoms with E-state index < -0.39 is 0 Å². The summed E-state index contributed by atoms with van der Waals surface area (Å²) in [6, 6.07) is 9.85. The van der Waals surface area contributed by atoms with Crippen molar-refractivity contribution in [1.82, 2.24) is 9.88 Å². The maximum atomic E-state index is 4.37. The maximum Gasteiger partial charge on any atom is 0.0346 e. The van der Waals surface area contributed by atoms with Crippen LogP contribution in [0.25, 0.3) is 16.3 Å². The second-order valence-corrected chi connectivity index (χ2v) is 12.3. The summed E-state index contributed by atoms with van der Waals surface area (Å²) in [7, 11) is 4.58. The van der Waals surface area contributed by atoms with Crippen molar-refractivity contribution in [3.05, 3.63) is 48.3 Å². The molecule has 0 saturated heterocycles. The predicted molar refractivity (Wildman–Crippen MR) is 146 cm³/mol. The van der Waals surface area contributed by atoms with E-state index in [1.165, 1.54) is 67.7 Å². The molecule has 0 amide bonds. The van der Waals surface area contributed by atoms with Gasteiger partial charge < -0.3 is 4.90 Å². The van der Waals surface area contributed by atoms with E-state index in [2.05, 4.69) is 68.2 Å². The smallest absolute Gasteiger partial charge is 0.0346 e. The molecule has 34 heavy (non-hydrogen) atoms. The summed E-state index contributed by atoms with van der Waals surface area (Å²) in [5, 5.41) is 2.66. The number of hydrogen-bond donors (Lipinski definition) is 0. The van der Waals surface area contributed by atoms with Gasteiger partial charge in [0.05, 0.1) is 0 Å². The molecule has 4 aliphatic carbocycles. The van der Waals surface area contributed by atoms with E-state index in [1.54, 1.807) is 5.57 Å². The lowest BCUT2D eigenvalue weighted by atomic mass is 9.44. The second kappa shape index (κ2) is 9.08. The molecule has 5 unspecified atom stereocenters. The zero-order chi connectivity index (χ0) is 24.1. The Kier molecular flexibility index (Phi) is 6.42. The number of benzene rings is 1. The van der Waals surface area contributed by atoms with Crippen LogP contribution >= 0.6 is 0 Å². The minimum Gasteiger partial charge on any atom is -0.306 e. The van der Waals surface area contributed by atoms with Crippen LogP contribution in [0.1, 0.15) is 84.6 Å². The Bertz CT molecular complexity index is 1050. The number of allylic oxidation sites excluding steroid dienone is 2. The normalized spacial score (nSPS) is 38.9. The van der Waals surface area contributed by atoms with Crippen molar-refractivity contribution in [2.75, 3.05) is 14.1 Å². The van der Waals surface area contributed by atoms with Gasteiger partial charge in [-0.05, 0) is 123 Å². The second-order valence-electron chi connectivity index (χ2n) is 12.3. The predicted octanol–water partition coefficient (Wildman–Crippen LogP) is 8.23. The van der Waals surface area contributed by atoms with Crippen LogP contribution in [-0.2, 0) is 0 Å². The average molecular weight is 459 g/mol. The van der Waals surface area contributed by atoms with Crippen LogP contribution in [0.2, 0.25) is 0 Å². The van der Waals surface area contributed by atoms with E-state index in [-0.39, 0.29) is 0 Å². The fraction of sp³-hybridized carbons (Fsp3) is 0.656. The summed E-state index contributed by atoms with van der Waals surface area (Å²) < 4.78 is 0. The molecule has 2 nitrogen and oxygen atoms in total. The molecular weight excluding hydrogens is 412 g/mol. The molecule has 6 rings (SSSR count). The quantitative estimate of drug-likeness (QED) is 0.450. The van der Waals surface area contributed by atoms with Gasteiger partial charge in [0, 0.05) is 23.8 Å². The third-order valence-electron chi connectivity index (χ3n) is 10.9. The third kappa shape index (κ3) is 3.58. The van der Waals surface area contributed by atoms with Crippen LogP contribution in [0.15, 0.2) is 42.7 Å². The monoisotopic (exact) mass is 458 g/mol. The van der Waals surface area contributed by atoms with Crippen LogP contribution in [0.5, 0.6) is 0 Å². The number of rotatable bonds is 2. The van der Waals surface area contributed by atoms with E-state index >= 15 is 0 Å². The molecule has 0 N–H and O–H groups in total. The van der Waals surface area contributed by atoms with Gasteiger partial charge in [0.15, 0.2) is 0 Å². The lowest BCUT2D eigenvalue weighted by Gasteiger charge is -2.61. The Morgan fingerprint density at radius 1 is 0.941 bits per heavy atom. The van der Waals surface area contributed by atoms with Gasteiger partial charge in [-0.2, -0.15) is 0 Å². The van der Waals surface area contributed by atoms with Crippen LogP contribution in [0.4, 0.5) is 0 Å². The first-order chi connectivity index (χ1) is 16.4. The SMILES string of the molecule is CC.CN(C)C1CCC2(C)C(CCC3[C@@H]4CC=C(c5cccc6cnccc56)C4(C)CC[C@@H]32)C1. The topological polar surface area (TPSA) is 16.1 Å². The molecule has 0 spiro atoms. The number of hydrogen-bond acceptors (Lipinski definition) is 2. The van der Waals surface area contributed by atoms with Crippen molar-refractivity contribution in [1.29, 1.82) is 0 Å². The first-order valence-corrected chi connectivity index (χ1v) is 14.1. The van der Waals surface area contributed by atoms with E-state index in [1.807, 2.05) is 26.2 Å². The summed E-state index contributed by atoms with van der Waals surface area (Å²) in [6.45, 7) is 9.31. The van der Waals surface area contributed by atoms with Crippen LogP contribution < -0.4 is 0 Å². The highest BCUT2D eigenvalue weighted by molar-refractivity contribution is 5.95. The molecular formula is C32H46N2. The maximum absolute atomic E-state index is 4.37. The zero-order valence-corrected chi connectivity index (χ0v) is 22.5. The highest BCUT2D eigenvalue weighted by atomic mass is 15.1. The molecule has 4 aliphatic rings. The molecule has 0 aliphatic heterocycles. The van der Waals surface area contributed by atoms with Crippen molar-refractivity contribution in [3.63, 3.8) is 0 Å². The lowest BCUT2D eigenvalue weighted by molar-refractivity contribution is -0.106. The molecule has 1 aromatic carbocycles. The molecule has 7 atom stereocenters. The molecule has 1 aromatic heterocycles. The molecule has 3 fully saturated rings. The fourth-order valence-corrected chi connectivity index (χ4v) is 9.05. The van der Waals surface area contributed by atoms with Gasteiger partial charge in [0.1, 0.15) is 0 Å².